The van der Waals surface area contributed by atoms with E-state index in [1.807, 2.05) is 0 Å². The standard InChI is InChI=1S/C14H16N2O6S/c15-23(20,21)8-3-1-7(2-4-8)16-13(17)11-9-5-6-10(22-9)12(11)14(18)19/h1-4,9-12H,5-6H2,(H,16,17)(H,18,19)(H2,15,20,21)/t9-,10+,11-,12+/m1/s1. The summed E-state index contributed by atoms with van der Waals surface area (Å²) in [6.45, 7) is 0. The molecule has 0 unspecified atom stereocenters. The number of carboxylic acids is 1. The first-order valence-electron chi connectivity index (χ1n) is 7.09. The molecule has 2 aliphatic heterocycles. The number of nitrogens with one attached hydrogen (secondary N) is 1. The summed E-state index contributed by atoms with van der Waals surface area (Å²) in [6, 6.07) is 5.36. The predicted octanol–water partition coefficient (Wildman–Crippen LogP) is 0.151. The van der Waals surface area contributed by atoms with Gasteiger partial charge in [-0.15, -0.1) is 0 Å². The molecule has 3 rings (SSSR count). The molecule has 0 spiro atoms. The highest BCUT2D eigenvalue weighted by atomic mass is 32.2. The van der Waals surface area contributed by atoms with E-state index in [2.05, 4.69) is 5.32 Å². The fourth-order valence-corrected chi connectivity index (χ4v) is 3.79. The molecule has 1 amide bonds. The van der Waals surface area contributed by atoms with E-state index in [4.69, 9.17) is 9.88 Å². The van der Waals surface area contributed by atoms with Gasteiger partial charge in [0.1, 0.15) is 0 Å². The molecule has 0 aromatic heterocycles. The van der Waals surface area contributed by atoms with Crippen molar-refractivity contribution in [3.8, 4) is 0 Å². The molecule has 2 aliphatic rings. The molecule has 9 heteroatoms. The third-order valence-electron chi connectivity index (χ3n) is 4.31. The average molecular weight is 340 g/mol. The van der Waals surface area contributed by atoms with Gasteiger partial charge >= 0.3 is 5.97 Å². The molecule has 2 fully saturated rings. The van der Waals surface area contributed by atoms with Crippen molar-refractivity contribution < 1.29 is 27.9 Å². The maximum atomic E-state index is 12.4. The number of benzene rings is 1. The molecule has 0 aliphatic carbocycles. The monoisotopic (exact) mass is 340 g/mol. The zero-order chi connectivity index (χ0) is 16.8. The number of hydrogen-bond donors (Lipinski definition) is 3. The van der Waals surface area contributed by atoms with Gasteiger partial charge in [-0.1, -0.05) is 0 Å². The number of aliphatic carboxylic acids is 1. The number of fused-ring (bicyclic) bond motifs is 2. The molecule has 1 aromatic rings. The van der Waals surface area contributed by atoms with Crippen LogP contribution in [0.15, 0.2) is 29.2 Å². The van der Waals surface area contributed by atoms with Gasteiger partial charge in [0.2, 0.25) is 15.9 Å². The van der Waals surface area contributed by atoms with Gasteiger partial charge in [-0.3, -0.25) is 9.59 Å². The summed E-state index contributed by atoms with van der Waals surface area (Å²) in [5.74, 6) is -3.07. The molecule has 4 atom stereocenters. The fraction of sp³-hybridized carbons (Fsp3) is 0.429. The average Bonchev–Trinajstić information content (AvgIpc) is 3.07. The van der Waals surface area contributed by atoms with Gasteiger partial charge in [-0.25, -0.2) is 13.6 Å². The summed E-state index contributed by atoms with van der Waals surface area (Å²) in [7, 11) is -3.80. The van der Waals surface area contributed by atoms with Crippen molar-refractivity contribution >= 4 is 27.6 Å². The molecular weight excluding hydrogens is 324 g/mol. The van der Waals surface area contributed by atoms with Crippen LogP contribution in [0, 0.1) is 11.8 Å². The van der Waals surface area contributed by atoms with E-state index in [1.165, 1.54) is 24.3 Å². The first-order valence-corrected chi connectivity index (χ1v) is 8.64. The quantitative estimate of drug-likeness (QED) is 0.714. The molecule has 23 heavy (non-hydrogen) atoms. The number of carbonyl (C=O) groups is 2. The van der Waals surface area contributed by atoms with Crippen molar-refractivity contribution in [3.63, 3.8) is 0 Å². The molecule has 0 radical (unpaired) electrons. The van der Waals surface area contributed by atoms with Crippen LogP contribution in [0.5, 0.6) is 0 Å². The number of hydrogen-bond acceptors (Lipinski definition) is 5. The third-order valence-corrected chi connectivity index (χ3v) is 5.24. The number of anilines is 1. The van der Waals surface area contributed by atoms with Gasteiger partial charge in [0.15, 0.2) is 0 Å². The van der Waals surface area contributed by atoms with Crippen LogP contribution in [0.4, 0.5) is 5.69 Å². The van der Waals surface area contributed by atoms with Crippen molar-refractivity contribution in [2.75, 3.05) is 5.32 Å². The van der Waals surface area contributed by atoms with Crippen molar-refractivity contribution in [2.24, 2.45) is 17.0 Å². The maximum Gasteiger partial charge on any atom is 0.310 e. The summed E-state index contributed by atoms with van der Waals surface area (Å²) in [5.41, 5.74) is 0.370. The number of primary sulfonamides is 1. The Kier molecular flexibility index (Phi) is 3.86. The van der Waals surface area contributed by atoms with Gasteiger partial charge in [-0.05, 0) is 37.1 Å². The number of carbonyl (C=O) groups excluding carboxylic acids is 1. The van der Waals surface area contributed by atoms with Crippen LogP contribution in [0.2, 0.25) is 0 Å². The van der Waals surface area contributed by atoms with E-state index < -0.39 is 39.8 Å². The zero-order valence-electron chi connectivity index (χ0n) is 12.0. The van der Waals surface area contributed by atoms with Crippen molar-refractivity contribution in [2.45, 2.75) is 29.9 Å². The van der Waals surface area contributed by atoms with Crippen LogP contribution >= 0.6 is 0 Å². The minimum absolute atomic E-state index is 0.0674. The Balaban J connectivity index is 1.75. The van der Waals surface area contributed by atoms with Crippen LogP contribution < -0.4 is 10.5 Å². The SMILES string of the molecule is NS(=O)(=O)c1ccc(NC(=O)[C@H]2[C@@H](C(=O)O)[C@@H]3CC[C@H]2O3)cc1. The van der Waals surface area contributed by atoms with Crippen LogP contribution in [-0.2, 0) is 24.3 Å². The topological polar surface area (TPSA) is 136 Å². The minimum atomic E-state index is -3.80. The highest BCUT2D eigenvalue weighted by Gasteiger charge is 2.55. The maximum absolute atomic E-state index is 12.4. The number of carboxylic acid groups (broad SMARTS) is 1. The lowest BCUT2D eigenvalue weighted by Crippen LogP contribution is -2.40. The lowest BCUT2D eigenvalue weighted by molar-refractivity contribution is -0.147. The van der Waals surface area contributed by atoms with Crippen LogP contribution in [0.25, 0.3) is 0 Å². The summed E-state index contributed by atoms with van der Waals surface area (Å²) in [5, 5.41) is 16.9. The van der Waals surface area contributed by atoms with E-state index in [0.717, 1.165) is 0 Å². The molecule has 2 saturated heterocycles. The highest BCUT2D eigenvalue weighted by molar-refractivity contribution is 7.89. The van der Waals surface area contributed by atoms with Gasteiger partial charge in [0.25, 0.3) is 0 Å². The highest BCUT2D eigenvalue weighted by Crippen LogP contribution is 2.44. The van der Waals surface area contributed by atoms with E-state index >= 15 is 0 Å². The van der Waals surface area contributed by atoms with E-state index in [1.54, 1.807) is 0 Å². The summed E-state index contributed by atoms with van der Waals surface area (Å²) >= 11 is 0. The molecule has 8 nitrogen and oxygen atoms in total. The van der Waals surface area contributed by atoms with Crippen molar-refractivity contribution in [1.82, 2.24) is 0 Å². The molecule has 4 N–H and O–H groups in total. The lowest BCUT2D eigenvalue weighted by atomic mass is 9.78. The molecule has 0 saturated carbocycles. The Bertz CT molecular complexity index is 745. The molecule has 124 valence electrons. The summed E-state index contributed by atoms with van der Waals surface area (Å²) in [6.07, 6.45) is 0.508. The number of ether oxygens (including phenoxy) is 1. The van der Waals surface area contributed by atoms with E-state index in [9.17, 15) is 23.1 Å². The van der Waals surface area contributed by atoms with Crippen LogP contribution in [0.1, 0.15) is 12.8 Å². The predicted molar refractivity (Wildman–Crippen MR) is 79.0 cm³/mol. The summed E-state index contributed by atoms with van der Waals surface area (Å²) < 4.78 is 27.9. The Hall–Kier alpha value is -1.97. The molecule has 1 aromatic carbocycles. The second-order valence-electron chi connectivity index (χ2n) is 5.74. The largest absolute Gasteiger partial charge is 0.481 e. The Morgan fingerprint density at radius 2 is 1.70 bits per heavy atom. The first-order chi connectivity index (χ1) is 10.8. The van der Waals surface area contributed by atoms with E-state index in [-0.39, 0.29) is 11.0 Å². The van der Waals surface area contributed by atoms with Crippen LogP contribution in [-0.4, -0.2) is 37.6 Å². The zero-order valence-corrected chi connectivity index (χ0v) is 12.8. The number of amides is 1. The minimum Gasteiger partial charge on any atom is -0.481 e. The second-order valence-corrected chi connectivity index (χ2v) is 7.30. The van der Waals surface area contributed by atoms with Crippen molar-refractivity contribution in [3.05, 3.63) is 24.3 Å². The van der Waals surface area contributed by atoms with Gasteiger partial charge in [-0.2, -0.15) is 0 Å². The fourth-order valence-electron chi connectivity index (χ4n) is 3.28. The lowest BCUT2D eigenvalue weighted by Gasteiger charge is -2.23. The smallest absolute Gasteiger partial charge is 0.310 e. The second kappa shape index (κ2) is 5.59. The normalized spacial score (nSPS) is 29.4. The number of sulfonamides is 1. The van der Waals surface area contributed by atoms with Crippen LogP contribution in [0.3, 0.4) is 0 Å². The molecular formula is C14H16N2O6S. The third kappa shape index (κ3) is 2.94. The number of rotatable bonds is 4. The van der Waals surface area contributed by atoms with E-state index in [0.29, 0.717) is 18.5 Å². The molecule has 2 heterocycles. The Morgan fingerprint density at radius 3 is 2.22 bits per heavy atom. The number of nitrogens with two attached hydrogens (primary N) is 1. The Labute approximate surface area is 132 Å². The van der Waals surface area contributed by atoms with Gasteiger partial charge in [0.05, 0.1) is 28.9 Å². The Morgan fingerprint density at radius 1 is 1.13 bits per heavy atom. The van der Waals surface area contributed by atoms with Gasteiger partial charge < -0.3 is 15.2 Å². The molecule has 2 bridgehead atoms. The van der Waals surface area contributed by atoms with Gasteiger partial charge in [0, 0.05) is 5.69 Å². The van der Waals surface area contributed by atoms with Crippen molar-refractivity contribution in [1.29, 1.82) is 0 Å². The summed E-state index contributed by atoms with van der Waals surface area (Å²) in [4.78, 5) is 23.7. The first kappa shape index (κ1) is 15.9.